The van der Waals surface area contributed by atoms with Crippen LogP contribution in [0.1, 0.15) is 41.4 Å². The van der Waals surface area contributed by atoms with Crippen LogP contribution in [-0.2, 0) is 0 Å². The Balaban J connectivity index is 1.19. The van der Waals surface area contributed by atoms with E-state index >= 15 is 4.39 Å². The van der Waals surface area contributed by atoms with E-state index in [1.807, 2.05) is 16.9 Å². The lowest BCUT2D eigenvalue weighted by atomic mass is 9.94. The first kappa shape index (κ1) is 18.7. The Bertz CT molecular complexity index is 1100. The number of hydrogen-bond donors (Lipinski definition) is 1. The molecule has 7 nitrogen and oxygen atoms in total. The fourth-order valence-corrected chi connectivity index (χ4v) is 5.98. The number of likely N-dealkylation sites (tertiary alicyclic amines) is 1. The molecule has 1 aliphatic heterocycles. The molecular formula is C20H20BrFN6OS. The van der Waals surface area contributed by atoms with E-state index in [9.17, 15) is 4.79 Å². The van der Waals surface area contributed by atoms with Crippen LogP contribution in [-0.4, -0.2) is 55.6 Å². The lowest BCUT2D eigenvalue weighted by Gasteiger charge is -2.28. The normalized spacial score (nSPS) is 28.3. The molecular weight excluding hydrogens is 471 g/mol. The molecule has 0 aromatic carbocycles. The van der Waals surface area contributed by atoms with Crippen molar-refractivity contribution in [2.24, 2.45) is 5.92 Å². The first-order valence-electron chi connectivity index (χ1n) is 10.2. The van der Waals surface area contributed by atoms with E-state index in [-0.39, 0.29) is 24.4 Å². The Labute approximate surface area is 184 Å². The molecule has 1 saturated heterocycles. The van der Waals surface area contributed by atoms with Gasteiger partial charge in [-0.15, -0.1) is 21.5 Å². The number of amides is 1. The molecule has 2 aliphatic carbocycles. The monoisotopic (exact) mass is 490 g/mol. The molecule has 6 rings (SSSR count). The maximum Gasteiger partial charge on any atom is 0.264 e. The van der Waals surface area contributed by atoms with Gasteiger partial charge in [-0.2, -0.15) is 5.10 Å². The van der Waals surface area contributed by atoms with Crippen LogP contribution in [0.15, 0.2) is 29.0 Å². The molecule has 30 heavy (non-hydrogen) atoms. The second kappa shape index (κ2) is 6.71. The molecule has 1 N–H and O–H groups in total. The van der Waals surface area contributed by atoms with Gasteiger partial charge in [0.2, 0.25) is 0 Å². The first-order chi connectivity index (χ1) is 14.5. The number of anilines is 1. The van der Waals surface area contributed by atoms with Gasteiger partial charge in [0.05, 0.1) is 28.2 Å². The Morgan fingerprint density at radius 3 is 2.87 bits per heavy atom. The third kappa shape index (κ3) is 3.03. The Morgan fingerprint density at radius 1 is 1.27 bits per heavy atom. The van der Waals surface area contributed by atoms with Crippen molar-refractivity contribution in [1.82, 2.24) is 24.9 Å². The highest BCUT2D eigenvalue weighted by atomic mass is 79.9. The van der Waals surface area contributed by atoms with Gasteiger partial charge in [-0.1, -0.05) is 0 Å². The van der Waals surface area contributed by atoms with Crippen molar-refractivity contribution < 1.29 is 9.18 Å². The van der Waals surface area contributed by atoms with Crippen LogP contribution in [0.5, 0.6) is 0 Å². The topological polar surface area (TPSA) is 75.9 Å². The molecule has 3 atom stereocenters. The zero-order valence-electron chi connectivity index (χ0n) is 16.1. The number of nitrogens with one attached hydrogen (secondary N) is 1. The van der Waals surface area contributed by atoms with Crippen molar-refractivity contribution in [3.05, 3.63) is 33.9 Å². The number of hydrogen-bond acceptors (Lipinski definition) is 6. The van der Waals surface area contributed by atoms with E-state index in [0.29, 0.717) is 27.9 Å². The summed E-state index contributed by atoms with van der Waals surface area (Å²) in [5.74, 6) is 0.304. The second-order valence-electron chi connectivity index (χ2n) is 8.53. The minimum atomic E-state index is -1.45. The lowest BCUT2D eigenvalue weighted by Crippen LogP contribution is -2.45. The number of fused-ring (bicyclic) bond motifs is 2. The summed E-state index contributed by atoms with van der Waals surface area (Å²) >= 11 is 4.71. The smallest absolute Gasteiger partial charge is 0.264 e. The van der Waals surface area contributed by atoms with Gasteiger partial charge in [-0.05, 0) is 59.8 Å². The highest BCUT2D eigenvalue weighted by Crippen LogP contribution is 2.46. The first-order valence-corrected chi connectivity index (χ1v) is 11.8. The number of thiophene rings is 1. The Kier molecular flexibility index (Phi) is 4.18. The van der Waals surface area contributed by atoms with Crippen LogP contribution in [0.4, 0.5) is 10.2 Å². The molecule has 1 amide bonds. The van der Waals surface area contributed by atoms with E-state index in [4.69, 9.17) is 0 Å². The summed E-state index contributed by atoms with van der Waals surface area (Å²) in [5, 5.41) is 15.8. The van der Waals surface area contributed by atoms with Crippen molar-refractivity contribution in [3.63, 3.8) is 0 Å². The van der Waals surface area contributed by atoms with E-state index in [2.05, 4.69) is 36.5 Å². The number of nitrogens with zero attached hydrogens (tertiary/aromatic N) is 5. The molecule has 10 heteroatoms. The molecule has 156 valence electrons. The van der Waals surface area contributed by atoms with Crippen molar-refractivity contribution in [3.8, 4) is 0 Å². The molecule has 3 fully saturated rings. The zero-order chi connectivity index (χ0) is 20.5. The molecule has 0 bridgehead atoms. The predicted octanol–water partition coefficient (Wildman–Crippen LogP) is 4.04. The largest absolute Gasteiger partial charge is 0.363 e. The number of alkyl halides is 1. The van der Waals surface area contributed by atoms with E-state index in [1.54, 1.807) is 17.0 Å². The summed E-state index contributed by atoms with van der Waals surface area (Å²) in [6, 6.07) is 5.56. The van der Waals surface area contributed by atoms with Gasteiger partial charge >= 0.3 is 0 Å². The van der Waals surface area contributed by atoms with E-state index < -0.39 is 5.67 Å². The van der Waals surface area contributed by atoms with E-state index in [0.717, 1.165) is 23.1 Å². The molecule has 0 unspecified atom stereocenters. The Hall–Kier alpha value is -2.07. The summed E-state index contributed by atoms with van der Waals surface area (Å²) in [6.45, 7) is 0.562. The van der Waals surface area contributed by atoms with Crippen LogP contribution >= 0.6 is 27.3 Å². The van der Waals surface area contributed by atoms with Crippen LogP contribution in [0.2, 0.25) is 0 Å². The van der Waals surface area contributed by atoms with Gasteiger partial charge in [0.25, 0.3) is 5.91 Å². The molecule has 3 aromatic heterocycles. The third-order valence-electron chi connectivity index (χ3n) is 6.52. The second-order valence-corrected chi connectivity index (χ2v) is 10.4. The number of halogens is 2. The van der Waals surface area contributed by atoms with Gasteiger partial charge in [-0.25, -0.2) is 4.39 Å². The molecule has 4 heterocycles. The summed E-state index contributed by atoms with van der Waals surface area (Å²) in [4.78, 5) is 15.4. The Morgan fingerprint density at radius 2 is 2.13 bits per heavy atom. The number of carbonyl (C=O) groups excluding carboxylic acids is 1. The predicted molar refractivity (Wildman–Crippen MR) is 115 cm³/mol. The average Bonchev–Trinajstić information content (AvgIpc) is 3.10. The van der Waals surface area contributed by atoms with Crippen LogP contribution in [0.25, 0.3) is 10.2 Å². The average molecular weight is 491 g/mol. The summed E-state index contributed by atoms with van der Waals surface area (Å²) in [5.41, 5.74) is -0.595. The van der Waals surface area contributed by atoms with Crippen molar-refractivity contribution in [1.29, 1.82) is 0 Å². The van der Waals surface area contributed by atoms with Crippen molar-refractivity contribution in [2.45, 2.75) is 43.4 Å². The van der Waals surface area contributed by atoms with Crippen LogP contribution < -0.4 is 5.32 Å². The van der Waals surface area contributed by atoms with E-state index in [1.165, 1.54) is 24.2 Å². The quantitative estimate of drug-likeness (QED) is 0.597. The van der Waals surface area contributed by atoms with Crippen LogP contribution in [0, 0.1) is 5.92 Å². The van der Waals surface area contributed by atoms with Gasteiger partial charge in [0.15, 0.2) is 5.67 Å². The fourth-order valence-electron chi connectivity index (χ4n) is 4.78. The highest BCUT2D eigenvalue weighted by Gasteiger charge is 2.57. The van der Waals surface area contributed by atoms with Crippen LogP contribution in [0.3, 0.4) is 0 Å². The van der Waals surface area contributed by atoms with Gasteiger partial charge in [-0.3, -0.25) is 9.48 Å². The molecule has 3 aromatic rings. The standard InChI is InChI=1S/C20H20BrFN6OS/c21-17-5-6-18(25-24-17)23-16-4-1-11-8-27(10-20(11,16)22)19(29)14-7-13-15(30-14)9-28(26-13)12-2-3-12/h5-7,9,11-12,16H,1-4,8,10H2,(H,23,25)/t11-,16+,20-/m0/s1. The molecule has 2 saturated carbocycles. The molecule has 0 radical (unpaired) electrons. The summed E-state index contributed by atoms with van der Waals surface area (Å²) in [7, 11) is 0. The zero-order valence-corrected chi connectivity index (χ0v) is 18.5. The minimum Gasteiger partial charge on any atom is -0.363 e. The van der Waals surface area contributed by atoms with Crippen molar-refractivity contribution in [2.75, 3.05) is 18.4 Å². The highest BCUT2D eigenvalue weighted by molar-refractivity contribution is 9.10. The molecule has 0 spiro atoms. The number of aromatic nitrogens is 4. The SMILES string of the molecule is O=C(c1cc2nn(C3CC3)cc2s1)N1C[C@@H]2CC[C@@H](Nc3ccc(Br)nn3)[C@]2(F)C1. The summed E-state index contributed by atoms with van der Waals surface area (Å²) in [6.07, 6.45) is 5.86. The third-order valence-corrected chi connectivity index (χ3v) is 7.99. The lowest BCUT2D eigenvalue weighted by molar-refractivity contribution is 0.0745. The maximum absolute atomic E-state index is 16.0. The van der Waals surface area contributed by atoms with Crippen molar-refractivity contribution >= 4 is 49.2 Å². The maximum atomic E-state index is 16.0. The molecule has 3 aliphatic rings. The van der Waals surface area contributed by atoms with Gasteiger partial charge < -0.3 is 10.2 Å². The van der Waals surface area contributed by atoms with Gasteiger partial charge in [0, 0.05) is 18.7 Å². The number of carbonyl (C=O) groups is 1. The fraction of sp³-hybridized carbons (Fsp3) is 0.500. The summed E-state index contributed by atoms with van der Waals surface area (Å²) < 4.78 is 19.7. The minimum absolute atomic E-state index is 0.0930. The number of rotatable bonds is 4. The van der Waals surface area contributed by atoms with Gasteiger partial charge in [0.1, 0.15) is 15.9 Å².